The number of hydrogen-bond donors (Lipinski definition) is 3. The normalized spacial score (nSPS) is 20.7. The number of carboxylic acid groups (broad SMARTS) is 1. The summed E-state index contributed by atoms with van der Waals surface area (Å²) >= 11 is 0. The van der Waals surface area contributed by atoms with Crippen molar-refractivity contribution in [1.82, 2.24) is 15.6 Å². The Hall–Kier alpha value is -3.59. The van der Waals surface area contributed by atoms with Crippen LogP contribution in [0.15, 0.2) is 48.8 Å². The summed E-state index contributed by atoms with van der Waals surface area (Å²) in [5.41, 5.74) is 3.26. The monoisotopic (exact) mass is 493 g/mol. The van der Waals surface area contributed by atoms with Gasteiger partial charge in [0.1, 0.15) is 12.6 Å². The van der Waals surface area contributed by atoms with Crippen molar-refractivity contribution >= 4 is 29.7 Å². The largest absolute Gasteiger partial charge is 0.481 e. The number of aromatic nitrogens is 1. The molecule has 190 valence electrons. The molecule has 0 saturated carbocycles. The number of pyridine rings is 1. The van der Waals surface area contributed by atoms with Gasteiger partial charge in [-0.15, -0.1) is 0 Å². The zero-order chi connectivity index (χ0) is 25.3. The van der Waals surface area contributed by atoms with E-state index in [-0.39, 0.29) is 18.2 Å². The molecule has 2 bridgehead atoms. The van der Waals surface area contributed by atoms with E-state index in [9.17, 15) is 19.5 Å². The summed E-state index contributed by atoms with van der Waals surface area (Å²) < 4.78 is 7.81. The minimum Gasteiger partial charge on any atom is -0.481 e. The van der Waals surface area contributed by atoms with Crippen molar-refractivity contribution in [2.24, 2.45) is 5.92 Å². The van der Waals surface area contributed by atoms with Gasteiger partial charge in [0.2, 0.25) is 17.5 Å². The molecule has 3 heterocycles. The molecule has 2 amide bonds. The summed E-state index contributed by atoms with van der Waals surface area (Å²) in [4.78, 5) is 41.8. The van der Waals surface area contributed by atoms with Crippen molar-refractivity contribution in [1.29, 1.82) is 0 Å². The molecule has 2 aliphatic heterocycles. The lowest BCUT2D eigenvalue weighted by Crippen LogP contribution is -2.50. The average molecular weight is 494 g/mol. The molecule has 9 nitrogen and oxygen atoms in total. The molecule has 0 fully saturated rings. The van der Waals surface area contributed by atoms with Gasteiger partial charge in [0.15, 0.2) is 12.8 Å². The number of aliphatic carboxylic acids is 1. The van der Waals surface area contributed by atoms with Gasteiger partial charge < -0.3 is 20.5 Å². The zero-order valence-electron chi connectivity index (χ0n) is 20.3. The predicted molar refractivity (Wildman–Crippen MR) is 133 cm³/mol. The summed E-state index contributed by atoms with van der Waals surface area (Å²) in [7, 11) is 0. The summed E-state index contributed by atoms with van der Waals surface area (Å²) in [6.45, 7) is 1.97. The number of rotatable bonds is 8. The van der Waals surface area contributed by atoms with E-state index in [2.05, 4.69) is 26.4 Å². The maximum atomic E-state index is 13.3. The topological polar surface area (TPSA) is 121 Å². The van der Waals surface area contributed by atoms with Crippen molar-refractivity contribution in [2.45, 2.75) is 44.1 Å². The van der Waals surface area contributed by atoms with Gasteiger partial charge in [-0.3, -0.25) is 19.4 Å². The Labute approximate surface area is 210 Å². The van der Waals surface area contributed by atoms with Crippen LogP contribution in [0.5, 0.6) is 0 Å². The summed E-state index contributed by atoms with van der Waals surface area (Å²) in [6.07, 6.45) is 7.41. The molecule has 1 aromatic carbocycles. The highest BCUT2D eigenvalue weighted by molar-refractivity contribution is 5.90. The molecule has 1 unspecified atom stereocenters. The second kappa shape index (κ2) is 12.4. The second-order valence-electron chi connectivity index (χ2n) is 9.25. The first-order chi connectivity index (χ1) is 17.5. The van der Waals surface area contributed by atoms with E-state index in [4.69, 9.17) is 4.74 Å². The van der Waals surface area contributed by atoms with Gasteiger partial charge in [0.05, 0.1) is 18.9 Å². The van der Waals surface area contributed by atoms with Gasteiger partial charge in [0.25, 0.3) is 0 Å². The number of carboxylic acids is 1. The first kappa shape index (κ1) is 25.5. The molecule has 4 rings (SSSR count). The number of nitrogens with one attached hydrogen (secondary N) is 2. The third-order valence-corrected chi connectivity index (χ3v) is 6.71. The van der Waals surface area contributed by atoms with Crippen LogP contribution in [-0.4, -0.2) is 71.0 Å². The number of nitrogens with zero attached hydrogens (tertiary/aromatic N) is 2. The lowest BCUT2D eigenvalue weighted by Gasteiger charge is -2.23. The van der Waals surface area contributed by atoms with Gasteiger partial charge >= 0.3 is 5.97 Å². The lowest BCUT2D eigenvalue weighted by molar-refractivity contribution is -0.437. The smallest absolute Gasteiger partial charge is 0.304 e. The van der Waals surface area contributed by atoms with E-state index in [1.54, 1.807) is 12.4 Å². The summed E-state index contributed by atoms with van der Waals surface area (Å²) in [6, 6.07) is 11.1. The number of amides is 2. The van der Waals surface area contributed by atoms with Gasteiger partial charge in [0, 0.05) is 36.5 Å². The van der Waals surface area contributed by atoms with E-state index < -0.39 is 23.8 Å². The number of benzene rings is 1. The maximum absolute atomic E-state index is 13.3. The van der Waals surface area contributed by atoms with Gasteiger partial charge in [-0.25, -0.2) is 0 Å². The molecule has 2 aliphatic rings. The first-order valence-corrected chi connectivity index (χ1v) is 12.5. The third-order valence-electron chi connectivity index (χ3n) is 6.71. The Morgan fingerprint density at radius 2 is 2.00 bits per heavy atom. The number of ether oxygens (including phenoxy) is 1. The zero-order valence-corrected chi connectivity index (χ0v) is 20.3. The van der Waals surface area contributed by atoms with Gasteiger partial charge in [-0.1, -0.05) is 18.2 Å². The molecule has 0 saturated heterocycles. The Bertz CT molecular complexity index is 1100. The highest BCUT2D eigenvalue weighted by Crippen LogP contribution is 2.34. The van der Waals surface area contributed by atoms with E-state index in [0.29, 0.717) is 45.6 Å². The van der Waals surface area contributed by atoms with E-state index in [0.717, 1.165) is 23.2 Å². The number of carbonyl (C=O) groups is 3. The quantitative estimate of drug-likeness (QED) is 0.484. The molecule has 0 spiro atoms. The van der Waals surface area contributed by atoms with E-state index >= 15 is 0 Å². The molecule has 3 atom stereocenters. The van der Waals surface area contributed by atoms with Crippen LogP contribution in [0.25, 0.3) is 0 Å². The van der Waals surface area contributed by atoms with Crippen LogP contribution in [0.3, 0.4) is 0 Å². The number of fused-ring (bicyclic) bond motifs is 4. The molecular formula is C27H33N4O5+. The minimum atomic E-state index is -1.03. The molecule has 0 radical (unpaired) electrons. The first-order valence-electron chi connectivity index (χ1n) is 12.5. The predicted octanol–water partition coefficient (Wildman–Crippen LogP) is 2.03. The van der Waals surface area contributed by atoms with E-state index in [1.165, 1.54) is 0 Å². The van der Waals surface area contributed by atoms with Crippen LogP contribution in [0, 0.1) is 5.92 Å². The minimum absolute atomic E-state index is 0.0544. The maximum Gasteiger partial charge on any atom is 0.304 e. The van der Waals surface area contributed by atoms with Crippen LogP contribution in [-0.2, 0) is 25.5 Å². The molecule has 2 aromatic rings. The van der Waals surface area contributed by atoms with Crippen LogP contribution in [0.1, 0.15) is 42.7 Å². The molecule has 0 aliphatic carbocycles. The number of aryl methyl sites for hydroxylation is 1. The highest BCUT2D eigenvalue weighted by atomic mass is 16.5. The van der Waals surface area contributed by atoms with Crippen molar-refractivity contribution in [3.63, 3.8) is 0 Å². The van der Waals surface area contributed by atoms with Gasteiger partial charge in [-0.2, -0.15) is 4.58 Å². The van der Waals surface area contributed by atoms with Crippen LogP contribution < -0.4 is 10.6 Å². The summed E-state index contributed by atoms with van der Waals surface area (Å²) in [5, 5.41) is 15.2. The molecule has 3 N–H and O–H groups in total. The van der Waals surface area contributed by atoms with Crippen molar-refractivity contribution in [3.05, 3.63) is 59.9 Å². The fourth-order valence-electron chi connectivity index (χ4n) is 4.87. The SMILES string of the molecule is O=C(O)C[C@@H](CCCc1ccncc1)C(=O)N[C@H]1CC2C=[N+](CCOCCNC1=O)c1ccccc12. The molecular weight excluding hydrogens is 460 g/mol. The van der Waals surface area contributed by atoms with Crippen molar-refractivity contribution in [3.8, 4) is 0 Å². The van der Waals surface area contributed by atoms with Gasteiger partial charge in [-0.05, 0) is 43.4 Å². The number of carbonyl (C=O) groups excluding carboxylic acids is 2. The molecule has 36 heavy (non-hydrogen) atoms. The van der Waals surface area contributed by atoms with Crippen LogP contribution in [0.4, 0.5) is 5.69 Å². The number of hydrogen-bond acceptors (Lipinski definition) is 5. The van der Waals surface area contributed by atoms with Crippen molar-refractivity contribution in [2.75, 3.05) is 26.3 Å². The summed E-state index contributed by atoms with van der Waals surface area (Å²) in [5.74, 6) is -2.51. The molecule has 1 aromatic heterocycles. The van der Waals surface area contributed by atoms with Crippen LogP contribution >= 0.6 is 0 Å². The fourth-order valence-corrected chi connectivity index (χ4v) is 4.87. The molecule has 9 heteroatoms. The Balaban J connectivity index is 1.47. The van der Waals surface area contributed by atoms with E-state index in [1.807, 2.05) is 36.4 Å². The fraction of sp³-hybridized carbons (Fsp3) is 0.444. The lowest BCUT2D eigenvalue weighted by atomic mass is 9.92. The Morgan fingerprint density at radius 1 is 1.19 bits per heavy atom. The second-order valence-corrected chi connectivity index (χ2v) is 9.25. The standard InChI is InChI=1S/C27H32N4O5/c32-25(33)17-20(5-3-4-19-8-10-28-11-9-19)26(34)30-23-16-21-18-31(24-7-2-1-6-22(21)24)13-15-36-14-12-29-27(23)35/h1-2,6-11,18,20-21,23H,3-5,12-17H2,(H2-,29,30,32,33,34,35)/p+1/t20-,21?,23+/m1/s1. The highest BCUT2D eigenvalue weighted by Gasteiger charge is 2.35. The number of para-hydroxylation sites is 1. The Morgan fingerprint density at radius 3 is 2.81 bits per heavy atom. The third kappa shape index (κ3) is 6.75. The van der Waals surface area contributed by atoms with Crippen molar-refractivity contribution < 1.29 is 28.8 Å². The average Bonchev–Trinajstić information content (AvgIpc) is 3.22. The van der Waals surface area contributed by atoms with Crippen LogP contribution in [0.2, 0.25) is 0 Å². The Kier molecular flexibility index (Phi) is 8.78.